The third kappa shape index (κ3) is 3.75. The van der Waals surface area contributed by atoms with Crippen molar-refractivity contribution >= 4 is 33.8 Å². The number of carbonyl (C=O) groups is 1. The quantitative estimate of drug-likeness (QED) is 0.449. The van der Waals surface area contributed by atoms with Gasteiger partial charge in [0.25, 0.3) is 0 Å². The summed E-state index contributed by atoms with van der Waals surface area (Å²) < 4.78 is 6.06. The highest BCUT2D eigenvalue weighted by atomic mass is 32.1. The van der Waals surface area contributed by atoms with Crippen molar-refractivity contribution < 1.29 is 9.53 Å². The molecule has 186 valence electrons. The fourth-order valence-electron chi connectivity index (χ4n) is 8.04. The molecule has 0 amide bonds. The van der Waals surface area contributed by atoms with Gasteiger partial charge < -0.3 is 10.1 Å². The standard InChI is InChI=1S/C29H37N3O2S/c1-4-7-25(33)34-23-12-11-19-18-9-10-21-26-22(31-27(35-26)32-24-8-5-6-17-30-24)14-16-28(21,2)20(18)13-15-29(19,23)3/h5-6,8,10,17-20,23H,4,7,9,11-16H2,1-3H3,(H,30,31,32)/t18-,19-,20-,23-,28+,29-/m0/s1. The fourth-order valence-corrected chi connectivity index (χ4v) is 9.24. The third-order valence-corrected chi connectivity index (χ3v) is 10.9. The summed E-state index contributed by atoms with van der Waals surface area (Å²) in [6.07, 6.45) is 13.9. The van der Waals surface area contributed by atoms with Gasteiger partial charge in [-0.3, -0.25) is 4.79 Å². The predicted molar refractivity (Wildman–Crippen MR) is 140 cm³/mol. The molecule has 0 aliphatic heterocycles. The van der Waals surface area contributed by atoms with Crippen LogP contribution in [0.1, 0.15) is 82.7 Å². The molecule has 0 unspecified atom stereocenters. The Balaban J connectivity index is 1.26. The number of carbonyl (C=O) groups excluding carboxylic acids is 1. The Hall–Kier alpha value is -2.21. The number of ether oxygens (including phenoxy) is 1. The lowest BCUT2D eigenvalue weighted by molar-refractivity contribution is -0.159. The lowest BCUT2D eigenvalue weighted by Crippen LogP contribution is -2.50. The maximum Gasteiger partial charge on any atom is 0.306 e. The number of anilines is 2. The Morgan fingerprint density at radius 2 is 2.09 bits per heavy atom. The maximum atomic E-state index is 12.3. The van der Waals surface area contributed by atoms with E-state index in [0.717, 1.165) is 36.6 Å². The highest BCUT2D eigenvalue weighted by molar-refractivity contribution is 7.16. The largest absolute Gasteiger partial charge is 0.462 e. The highest BCUT2D eigenvalue weighted by Gasteiger charge is 2.60. The Morgan fingerprint density at radius 1 is 1.20 bits per heavy atom. The normalized spacial score (nSPS) is 35.2. The first-order valence-electron chi connectivity index (χ1n) is 13.5. The van der Waals surface area contributed by atoms with E-state index in [-0.39, 0.29) is 22.9 Å². The zero-order valence-electron chi connectivity index (χ0n) is 21.2. The van der Waals surface area contributed by atoms with E-state index in [2.05, 4.69) is 37.1 Å². The second kappa shape index (κ2) is 8.72. The van der Waals surface area contributed by atoms with Gasteiger partial charge in [-0.15, -0.1) is 0 Å². The van der Waals surface area contributed by atoms with E-state index < -0.39 is 0 Å². The first kappa shape index (κ1) is 23.2. The minimum absolute atomic E-state index is 0.000548. The Bertz CT molecular complexity index is 1140. The van der Waals surface area contributed by atoms with E-state index in [1.165, 1.54) is 36.3 Å². The molecule has 5 nitrogen and oxygen atoms in total. The molecule has 0 saturated heterocycles. The predicted octanol–water partition coefficient (Wildman–Crippen LogP) is 7.18. The second-order valence-electron chi connectivity index (χ2n) is 11.6. The highest BCUT2D eigenvalue weighted by Crippen LogP contribution is 2.66. The molecule has 35 heavy (non-hydrogen) atoms. The summed E-state index contributed by atoms with van der Waals surface area (Å²) >= 11 is 1.80. The van der Waals surface area contributed by atoms with Gasteiger partial charge >= 0.3 is 5.97 Å². The van der Waals surface area contributed by atoms with Gasteiger partial charge in [-0.25, -0.2) is 9.97 Å². The summed E-state index contributed by atoms with van der Waals surface area (Å²) in [6.45, 7) is 7.00. The molecular weight excluding hydrogens is 454 g/mol. The van der Waals surface area contributed by atoms with Crippen molar-refractivity contribution in [1.29, 1.82) is 0 Å². The van der Waals surface area contributed by atoms with Gasteiger partial charge in [-0.2, -0.15) is 0 Å². The Kier molecular flexibility index (Phi) is 5.78. The van der Waals surface area contributed by atoms with Crippen LogP contribution < -0.4 is 5.32 Å². The van der Waals surface area contributed by atoms with Gasteiger partial charge in [-0.05, 0) is 92.2 Å². The summed E-state index contributed by atoms with van der Waals surface area (Å²) in [5.41, 5.74) is 3.14. The molecule has 0 radical (unpaired) electrons. The number of hydrogen-bond donors (Lipinski definition) is 1. The van der Waals surface area contributed by atoms with Gasteiger partial charge in [-0.1, -0.05) is 44.3 Å². The molecule has 0 bridgehead atoms. The van der Waals surface area contributed by atoms with Crippen LogP contribution in [0.15, 0.2) is 30.5 Å². The number of aromatic nitrogens is 2. The van der Waals surface area contributed by atoms with Crippen LogP contribution in [0.25, 0.3) is 5.57 Å². The zero-order chi connectivity index (χ0) is 24.2. The topological polar surface area (TPSA) is 64.1 Å². The van der Waals surface area contributed by atoms with Gasteiger partial charge in [0.2, 0.25) is 0 Å². The number of hydrogen-bond acceptors (Lipinski definition) is 6. The number of fused-ring (bicyclic) bond motifs is 7. The zero-order valence-corrected chi connectivity index (χ0v) is 22.0. The first-order chi connectivity index (χ1) is 16.9. The average molecular weight is 492 g/mol. The smallest absolute Gasteiger partial charge is 0.306 e. The monoisotopic (exact) mass is 491 g/mol. The van der Waals surface area contributed by atoms with Crippen LogP contribution >= 0.6 is 11.3 Å². The van der Waals surface area contributed by atoms with Crippen LogP contribution in [0.2, 0.25) is 0 Å². The molecule has 1 N–H and O–H groups in total. The summed E-state index contributed by atoms with van der Waals surface area (Å²) in [4.78, 5) is 23.1. The lowest BCUT2D eigenvalue weighted by atomic mass is 9.48. The summed E-state index contributed by atoms with van der Waals surface area (Å²) in [5, 5.41) is 4.37. The molecule has 6 heteroatoms. The molecule has 4 aliphatic carbocycles. The molecule has 0 aromatic carbocycles. The third-order valence-electron chi connectivity index (χ3n) is 9.83. The van der Waals surface area contributed by atoms with Gasteiger partial charge in [0, 0.05) is 18.0 Å². The minimum atomic E-state index is -0.000548. The second-order valence-corrected chi connectivity index (χ2v) is 12.6. The van der Waals surface area contributed by atoms with Crippen LogP contribution in [0.3, 0.4) is 0 Å². The van der Waals surface area contributed by atoms with Crippen LogP contribution in [0.4, 0.5) is 10.9 Å². The number of thiazole rings is 1. The molecule has 6 rings (SSSR count). The number of pyridine rings is 1. The minimum Gasteiger partial charge on any atom is -0.462 e. The number of allylic oxidation sites excluding steroid dienone is 2. The molecule has 0 spiro atoms. The van der Waals surface area contributed by atoms with Crippen LogP contribution in [-0.4, -0.2) is 22.0 Å². The summed E-state index contributed by atoms with van der Waals surface area (Å²) in [6, 6.07) is 5.92. The van der Waals surface area contributed by atoms with Crippen molar-refractivity contribution in [2.45, 2.75) is 84.7 Å². The van der Waals surface area contributed by atoms with Crippen molar-refractivity contribution in [2.24, 2.45) is 28.6 Å². The number of nitrogens with one attached hydrogen (secondary N) is 1. The van der Waals surface area contributed by atoms with E-state index in [9.17, 15) is 4.79 Å². The Labute approximate surface area is 212 Å². The van der Waals surface area contributed by atoms with Crippen LogP contribution in [0.5, 0.6) is 0 Å². The Morgan fingerprint density at radius 3 is 2.89 bits per heavy atom. The summed E-state index contributed by atoms with van der Waals surface area (Å²) in [5.74, 6) is 2.89. The summed E-state index contributed by atoms with van der Waals surface area (Å²) in [7, 11) is 0. The molecule has 2 heterocycles. The van der Waals surface area contributed by atoms with Crippen molar-refractivity contribution in [3.8, 4) is 0 Å². The van der Waals surface area contributed by atoms with Crippen molar-refractivity contribution in [2.75, 3.05) is 5.32 Å². The number of nitrogens with zero attached hydrogens (tertiary/aromatic N) is 2. The number of esters is 1. The van der Waals surface area contributed by atoms with Gasteiger partial charge in [0.1, 0.15) is 11.9 Å². The van der Waals surface area contributed by atoms with E-state index in [1.54, 1.807) is 16.9 Å². The first-order valence-corrected chi connectivity index (χ1v) is 14.3. The van der Waals surface area contributed by atoms with E-state index >= 15 is 0 Å². The van der Waals surface area contributed by atoms with Crippen LogP contribution in [0, 0.1) is 28.6 Å². The van der Waals surface area contributed by atoms with Gasteiger partial charge in [0.15, 0.2) is 5.13 Å². The van der Waals surface area contributed by atoms with E-state index in [4.69, 9.17) is 9.72 Å². The SMILES string of the molecule is CCCC(=O)O[C@H]1CC[C@H]2[C@@H]3CC=C4c5sc(Nc6ccccn6)nc5CC[C@]4(C)[C@H]3CC[C@]12C. The number of rotatable bonds is 5. The maximum absolute atomic E-state index is 12.3. The molecule has 2 aromatic heterocycles. The molecule has 4 aliphatic rings. The van der Waals surface area contributed by atoms with Crippen molar-refractivity contribution in [1.82, 2.24) is 9.97 Å². The van der Waals surface area contributed by atoms with E-state index in [0.29, 0.717) is 24.2 Å². The number of aryl methyl sites for hydroxylation is 1. The van der Waals surface area contributed by atoms with E-state index in [1.807, 2.05) is 24.4 Å². The molecule has 2 saturated carbocycles. The van der Waals surface area contributed by atoms with Crippen molar-refractivity contribution in [3.05, 3.63) is 41.0 Å². The van der Waals surface area contributed by atoms with Crippen molar-refractivity contribution in [3.63, 3.8) is 0 Å². The molecule has 6 atom stereocenters. The lowest BCUT2D eigenvalue weighted by Gasteiger charge is -2.56. The fraction of sp³-hybridized carbons (Fsp3) is 0.621. The molecule has 2 fully saturated rings. The average Bonchev–Trinajstić information content (AvgIpc) is 3.40. The van der Waals surface area contributed by atoms with Gasteiger partial charge in [0.05, 0.1) is 10.6 Å². The molecular formula is C29H37N3O2S. The molecule has 2 aromatic rings. The van der Waals surface area contributed by atoms with Crippen LogP contribution in [-0.2, 0) is 16.0 Å².